The zero-order valence-corrected chi connectivity index (χ0v) is 12.8. The first kappa shape index (κ1) is 15.3. The molecule has 0 aromatic heterocycles. The van der Waals surface area contributed by atoms with Crippen molar-refractivity contribution in [1.82, 2.24) is 0 Å². The summed E-state index contributed by atoms with van der Waals surface area (Å²) >= 11 is 3.37. The molecule has 0 spiro atoms. The van der Waals surface area contributed by atoms with Crippen LogP contribution in [0.2, 0.25) is 0 Å². The summed E-state index contributed by atoms with van der Waals surface area (Å²) < 4.78 is 19.6. The van der Waals surface area contributed by atoms with Gasteiger partial charge in [0.25, 0.3) is 0 Å². The van der Waals surface area contributed by atoms with Gasteiger partial charge in [0.1, 0.15) is 11.6 Å². The topological polar surface area (TPSA) is 58.6 Å². The number of nitrogens with one attached hydrogen (secondary N) is 1. The number of methoxy groups -OCH3 is 1. The van der Waals surface area contributed by atoms with Crippen molar-refractivity contribution in [3.8, 4) is 5.75 Å². The Hall–Kier alpha value is -2.08. The average molecular weight is 354 g/mol. The minimum absolute atomic E-state index is 0.331. The van der Waals surface area contributed by atoms with Gasteiger partial charge in [0.15, 0.2) is 0 Å². The fourth-order valence-electron chi connectivity index (χ4n) is 1.83. The van der Waals surface area contributed by atoms with E-state index < -0.39 is 11.8 Å². The molecule has 0 heterocycles. The molecule has 2 rings (SSSR count). The zero-order valence-electron chi connectivity index (χ0n) is 11.2. The van der Waals surface area contributed by atoms with Gasteiger partial charge in [0.05, 0.1) is 12.7 Å². The third kappa shape index (κ3) is 3.95. The summed E-state index contributed by atoms with van der Waals surface area (Å²) in [7, 11) is 1.57. The van der Waals surface area contributed by atoms with Gasteiger partial charge in [0, 0.05) is 22.8 Å². The molecule has 0 saturated heterocycles. The number of aromatic carboxylic acids is 1. The van der Waals surface area contributed by atoms with Crippen molar-refractivity contribution >= 4 is 27.6 Å². The highest BCUT2D eigenvalue weighted by atomic mass is 79.9. The van der Waals surface area contributed by atoms with Crippen LogP contribution in [0.3, 0.4) is 0 Å². The molecule has 0 saturated carbocycles. The molecule has 4 nitrogen and oxygen atoms in total. The van der Waals surface area contributed by atoms with Crippen LogP contribution in [0.4, 0.5) is 10.1 Å². The molecule has 0 fully saturated rings. The van der Waals surface area contributed by atoms with Gasteiger partial charge in [0.2, 0.25) is 0 Å². The summed E-state index contributed by atoms with van der Waals surface area (Å²) in [5.41, 5.74) is 1.13. The summed E-state index contributed by atoms with van der Waals surface area (Å²) in [6.45, 7) is 0.371. The first-order chi connectivity index (χ1) is 9.99. The lowest BCUT2D eigenvalue weighted by Crippen LogP contribution is -2.04. The zero-order chi connectivity index (χ0) is 15.4. The van der Waals surface area contributed by atoms with Crippen LogP contribution in [-0.2, 0) is 6.54 Å². The average Bonchev–Trinajstić information content (AvgIpc) is 2.44. The number of anilines is 1. The second kappa shape index (κ2) is 6.58. The van der Waals surface area contributed by atoms with E-state index in [1.54, 1.807) is 13.2 Å². The van der Waals surface area contributed by atoms with Crippen LogP contribution < -0.4 is 10.1 Å². The molecule has 0 aliphatic carbocycles. The molecule has 0 bridgehead atoms. The first-order valence-electron chi connectivity index (χ1n) is 6.10. The van der Waals surface area contributed by atoms with Crippen molar-refractivity contribution in [2.75, 3.05) is 12.4 Å². The smallest absolute Gasteiger partial charge is 0.338 e. The summed E-state index contributed by atoms with van der Waals surface area (Å²) in [4.78, 5) is 10.7. The lowest BCUT2D eigenvalue weighted by molar-refractivity contribution is 0.0692. The highest BCUT2D eigenvalue weighted by Gasteiger charge is 2.10. The largest absolute Gasteiger partial charge is 0.497 e. The standard InChI is InChI=1S/C15H13BrFNO3/c1-21-12-6-10(16)5-11(7-12)18-8-9-2-3-13(15(19)20)14(17)4-9/h2-7,18H,8H2,1H3,(H,19,20). The molecule has 6 heteroatoms. The number of hydrogen-bond acceptors (Lipinski definition) is 3. The number of carboxylic acids is 1. The molecule has 2 aromatic carbocycles. The van der Waals surface area contributed by atoms with Gasteiger partial charge in [-0.1, -0.05) is 22.0 Å². The number of carbonyl (C=O) groups is 1. The predicted octanol–water partition coefficient (Wildman–Crippen LogP) is 3.91. The molecule has 0 aliphatic rings. The maximum Gasteiger partial charge on any atom is 0.338 e. The van der Waals surface area contributed by atoms with Crippen molar-refractivity contribution in [2.24, 2.45) is 0 Å². The van der Waals surface area contributed by atoms with Crippen molar-refractivity contribution in [1.29, 1.82) is 0 Å². The van der Waals surface area contributed by atoms with E-state index in [4.69, 9.17) is 9.84 Å². The minimum Gasteiger partial charge on any atom is -0.497 e. The molecule has 0 aliphatic heterocycles. The molecule has 21 heavy (non-hydrogen) atoms. The van der Waals surface area contributed by atoms with E-state index in [1.807, 2.05) is 18.2 Å². The molecular weight excluding hydrogens is 341 g/mol. The van der Waals surface area contributed by atoms with Gasteiger partial charge in [-0.15, -0.1) is 0 Å². The Balaban J connectivity index is 2.11. The number of carboxylic acid groups (broad SMARTS) is 1. The van der Waals surface area contributed by atoms with E-state index in [0.29, 0.717) is 17.9 Å². The number of rotatable bonds is 5. The molecule has 0 atom stereocenters. The Labute approximate surface area is 129 Å². The van der Waals surface area contributed by atoms with Gasteiger partial charge in [-0.05, 0) is 29.8 Å². The van der Waals surface area contributed by atoms with Gasteiger partial charge in [-0.2, -0.15) is 0 Å². The molecular formula is C15H13BrFNO3. The Morgan fingerprint density at radius 2 is 2.10 bits per heavy atom. The lowest BCUT2D eigenvalue weighted by Gasteiger charge is -2.10. The number of benzene rings is 2. The van der Waals surface area contributed by atoms with Crippen LogP contribution in [-0.4, -0.2) is 18.2 Å². The molecule has 0 amide bonds. The third-order valence-electron chi connectivity index (χ3n) is 2.87. The van der Waals surface area contributed by atoms with Crippen LogP contribution in [0.1, 0.15) is 15.9 Å². The number of hydrogen-bond donors (Lipinski definition) is 2. The fourth-order valence-corrected chi connectivity index (χ4v) is 2.30. The Morgan fingerprint density at radius 1 is 1.33 bits per heavy atom. The summed E-state index contributed by atoms with van der Waals surface area (Å²) in [5.74, 6) is -1.32. The van der Waals surface area contributed by atoms with E-state index in [-0.39, 0.29) is 5.56 Å². The Morgan fingerprint density at radius 3 is 2.71 bits per heavy atom. The Kier molecular flexibility index (Phi) is 4.80. The van der Waals surface area contributed by atoms with Gasteiger partial charge in [-0.3, -0.25) is 0 Å². The second-order valence-electron chi connectivity index (χ2n) is 4.35. The van der Waals surface area contributed by atoms with Crippen LogP contribution in [0.15, 0.2) is 40.9 Å². The highest BCUT2D eigenvalue weighted by Crippen LogP contribution is 2.25. The molecule has 2 aromatic rings. The molecule has 0 radical (unpaired) electrons. The maximum atomic E-state index is 13.6. The van der Waals surface area contributed by atoms with Crippen molar-refractivity contribution < 1.29 is 19.0 Å². The second-order valence-corrected chi connectivity index (χ2v) is 5.27. The lowest BCUT2D eigenvalue weighted by atomic mass is 10.1. The van der Waals surface area contributed by atoms with Gasteiger partial charge < -0.3 is 15.2 Å². The number of halogens is 2. The highest BCUT2D eigenvalue weighted by molar-refractivity contribution is 9.10. The normalized spacial score (nSPS) is 10.2. The van der Waals surface area contributed by atoms with E-state index in [9.17, 15) is 9.18 Å². The molecule has 2 N–H and O–H groups in total. The van der Waals surface area contributed by atoms with Crippen LogP contribution >= 0.6 is 15.9 Å². The first-order valence-corrected chi connectivity index (χ1v) is 6.89. The van der Waals surface area contributed by atoms with Crippen LogP contribution in [0.25, 0.3) is 0 Å². The van der Waals surface area contributed by atoms with E-state index >= 15 is 0 Å². The quantitative estimate of drug-likeness (QED) is 0.855. The van der Waals surface area contributed by atoms with E-state index in [2.05, 4.69) is 21.2 Å². The van der Waals surface area contributed by atoms with Crippen molar-refractivity contribution in [3.05, 3.63) is 57.8 Å². The third-order valence-corrected chi connectivity index (χ3v) is 3.33. The fraction of sp³-hybridized carbons (Fsp3) is 0.133. The van der Waals surface area contributed by atoms with Gasteiger partial charge >= 0.3 is 5.97 Å². The summed E-state index contributed by atoms with van der Waals surface area (Å²) in [6.07, 6.45) is 0. The maximum absolute atomic E-state index is 13.6. The minimum atomic E-state index is -1.27. The summed E-state index contributed by atoms with van der Waals surface area (Å²) in [6, 6.07) is 9.56. The molecule has 110 valence electrons. The van der Waals surface area contributed by atoms with Gasteiger partial charge in [-0.25, -0.2) is 9.18 Å². The van der Waals surface area contributed by atoms with E-state index in [1.165, 1.54) is 12.1 Å². The Bertz CT molecular complexity index is 676. The van der Waals surface area contributed by atoms with Crippen LogP contribution in [0.5, 0.6) is 5.75 Å². The molecule has 0 unspecified atom stereocenters. The monoisotopic (exact) mass is 353 g/mol. The van der Waals surface area contributed by atoms with E-state index in [0.717, 1.165) is 10.2 Å². The van der Waals surface area contributed by atoms with Crippen molar-refractivity contribution in [3.63, 3.8) is 0 Å². The summed E-state index contributed by atoms with van der Waals surface area (Å²) in [5, 5.41) is 11.9. The van der Waals surface area contributed by atoms with Crippen molar-refractivity contribution in [2.45, 2.75) is 6.54 Å². The predicted molar refractivity (Wildman–Crippen MR) is 81.4 cm³/mol. The van der Waals surface area contributed by atoms with Crippen LogP contribution in [0, 0.1) is 5.82 Å². The SMILES string of the molecule is COc1cc(Br)cc(NCc2ccc(C(=O)O)c(F)c2)c1. The number of ether oxygens (including phenoxy) is 1.